The average Bonchev–Trinajstić information content (AvgIpc) is 3.29. The first-order valence-corrected chi connectivity index (χ1v) is 11.0. The van der Waals surface area contributed by atoms with Crippen molar-refractivity contribution in [1.82, 2.24) is 25.3 Å². The van der Waals surface area contributed by atoms with Gasteiger partial charge in [0.25, 0.3) is 5.89 Å². The van der Waals surface area contributed by atoms with Crippen molar-refractivity contribution in [2.45, 2.75) is 19.0 Å². The molecular weight excluding hydrogens is 503 g/mol. The molecule has 7 nitrogen and oxygen atoms in total. The third kappa shape index (κ3) is 5.36. The molecule has 1 N–H and O–H groups in total. The van der Waals surface area contributed by atoms with Gasteiger partial charge in [0.1, 0.15) is 5.82 Å². The maximum Gasteiger partial charge on any atom is 0.318 e. The van der Waals surface area contributed by atoms with Gasteiger partial charge in [0.2, 0.25) is 5.89 Å². The number of rotatable bonds is 5. The van der Waals surface area contributed by atoms with Gasteiger partial charge in [0.05, 0.1) is 6.04 Å². The zero-order valence-corrected chi connectivity index (χ0v) is 19.2. The Morgan fingerprint density at radius 3 is 2.64 bits per heavy atom. The van der Waals surface area contributed by atoms with E-state index in [-0.39, 0.29) is 35.6 Å². The first-order chi connectivity index (χ1) is 15.8. The van der Waals surface area contributed by atoms with Crippen molar-refractivity contribution in [1.29, 1.82) is 0 Å². The number of aromatic nitrogens is 2. The maximum atomic E-state index is 14.6. The van der Waals surface area contributed by atoms with Crippen LogP contribution in [0.15, 0.2) is 51.4 Å². The van der Waals surface area contributed by atoms with Gasteiger partial charge in [-0.15, -0.1) is 10.2 Å². The van der Waals surface area contributed by atoms with E-state index in [0.29, 0.717) is 13.1 Å². The number of likely N-dealkylation sites (N-methyl/N-ethyl adjacent to an activating group) is 1. The minimum Gasteiger partial charge on any atom is -0.415 e. The lowest BCUT2D eigenvalue weighted by atomic mass is 10.0. The summed E-state index contributed by atoms with van der Waals surface area (Å²) in [5.41, 5.74) is 1.43. The van der Waals surface area contributed by atoms with Crippen molar-refractivity contribution in [2.75, 3.05) is 26.7 Å². The fourth-order valence-corrected chi connectivity index (χ4v) is 3.93. The Labute approximate surface area is 196 Å². The average molecular weight is 524 g/mol. The largest absolute Gasteiger partial charge is 0.415 e. The van der Waals surface area contributed by atoms with Crippen LogP contribution in [0.2, 0.25) is 0 Å². The van der Waals surface area contributed by atoms with Gasteiger partial charge >= 0.3 is 12.5 Å². The minimum absolute atomic E-state index is 0.0313. The van der Waals surface area contributed by atoms with E-state index in [1.165, 1.54) is 12.1 Å². The lowest BCUT2D eigenvalue weighted by Crippen LogP contribution is -2.52. The summed E-state index contributed by atoms with van der Waals surface area (Å²) in [5, 5.41) is 9.54. The number of carbonyl (C=O) groups is 1. The molecule has 2 aromatic carbocycles. The summed E-state index contributed by atoms with van der Waals surface area (Å²) in [6.45, 7) is 1.92. The number of nitrogens with one attached hydrogen (secondary N) is 1. The fraction of sp³-hybridized carbons (Fsp3) is 0.318. The Hall–Kier alpha value is -2.92. The summed E-state index contributed by atoms with van der Waals surface area (Å²) in [6.07, 6.45) is -2.90. The smallest absolute Gasteiger partial charge is 0.318 e. The van der Waals surface area contributed by atoms with Crippen LogP contribution in [0, 0.1) is 5.82 Å². The van der Waals surface area contributed by atoms with Crippen molar-refractivity contribution in [3.05, 3.63) is 69.8 Å². The predicted molar refractivity (Wildman–Crippen MR) is 118 cm³/mol. The number of nitrogens with zero attached hydrogens (tertiary/aromatic N) is 4. The molecule has 1 atom stereocenters. The van der Waals surface area contributed by atoms with Crippen LogP contribution >= 0.6 is 15.9 Å². The molecule has 11 heteroatoms. The van der Waals surface area contributed by atoms with E-state index in [9.17, 15) is 18.0 Å². The van der Waals surface area contributed by atoms with Crippen LogP contribution in [0.1, 0.15) is 29.5 Å². The number of alkyl halides is 2. The van der Waals surface area contributed by atoms with Crippen LogP contribution in [0.4, 0.5) is 18.0 Å². The molecule has 0 spiro atoms. The molecule has 1 unspecified atom stereocenters. The lowest BCUT2D eigenvalue weighted by molar-refractivity contribution is 0.108. The van der Waals surface area contributed by atoms with Crippen LogP contribution in [-0.2, 0) is 6.54 Å². The number of amides is 2. The van der Waals surface area contributed by atoms with Gasteiger partial charge in [-0.05, 0) is 36.9 Å². The molecule has 1 fully saturated rings. The third-order valence-electron chi connectivity index (χ3n) is 5.46. The molecule has 33 heavy (non-hydrogen) atoms. The SMILES string of the molecule is CN1CCN(C(=O)NCc2ccc(-c3nnc(C(F)F)o3)cc2F)C(c2ccc(Br)cc2)C1. The highest BCUT2D eigenvalue weighted by molar-refractivity contribution is 9.10. The number of urea groups is 1. The predicted octanol–water partition coefficient (Wildman–Crippen LogP) is 4.77. The fourth-order valence-electron chi connectivity index (χ4n) is 3.67. The number of hydrogen-bond acceptors (Lipinski definition) is 5. The highest BCUT2D eigenvalue weighted by Crippen LogP contribution is 2.27. The summed E-state index contributed by atoms with van der Waals surface area (Å²) in [6, 6.07) is 11.4. The van der Waals surface area contributed by atoms with Gasteiger partial charge in [-0.2, -0.15) is 8.78 Å². The second-order valence-corrected chi connectivity index (χ2v) is 8.65. The Kier molecular flexibility index (Phi) is 6.99. The van der Waals surface area contributed by atoms with Gasteiger partial charge in [0, 0.05) is 41.8 Å². The zero-order valence-electron chi connectivity index (χ0n) is 17.6. The van der Waals surface area contributed by atoms with E-state index in [1.54, 1.807) is 4.90 Å². The van der Waals surface area contributed by atoms with Crippen molar-refractivity contribution >= 4 is 22.0 Å². The van der Waals surface area contributed by atoms with Gasteiger partial charge < -0.3 is 19.5 Å². The highest BCUT2D eigenvalue weighted by Gasteiger charge is 2.30. The van der Waals surface area contributed by atoms with Crippen LogP contribution in [-0.4, -0.2) is 52.7 Å². The van der Waals surface area contributed by atoms with Gasteiger partial charge in [-0.25, -0.2) is 9.18 Å². The standard InChI is InChI=1S/C22H21BrF3N5O2/c1-30-8-9-31(18(12-30)13-4-6-16(23)7-5-13)22(32)27-11-15-3-2-14(10-17(15)24)20-28-29-21(33-20)19(25)26/h2-7,10,18-19H,8-9,11-12H2,1H3,(H,27,32). The van der Waals surface area contributed by atoms with E-state index in [4.69, 9.17) is 4.42 Å². The summed E-state index contributed by atoms with van der Waals surface area (Å²) in [5.74, 6) is -1.64. The summed E-state index contributed by atoms with van der Waals surface area (Å²) in [4.78, 5) is 16.9. The molecule has 1 aromatic heterocycles. The van der Waals surface area contributed by atoms with E-state index in [0.717, 1.165) is 22.6 Å². The zero-order chi connectivity index (χ0) is 23.5. The number of benzene rings is 2. The Morgan fingerprint density at radius 2 is 1.97 bits per heavy atom. The Bertz CT molecular complexity index is 1130. The van der Waals surface area contributed by atoms with E-state index >= 15 is 0 Å². The molecule has 0 saturated carbocycles. The van der Waals surface area contributed by atoms with Crippen molar-refractivity contribution < 1.29 is 22.4 Å². The topological polar surface area (TPSA) is 74.5 Å². The van der Waals surface area contributed by atoms with Crippen LogP contribution in [0.5, 0.6) is 0 Å². The quantitative estimate of drug-likeness (QED) is 0.521. The van der Waals surface area contributed by atoms with Crippen molar-refractivity contribution in [3.8, 4) is 11.5 Å². The van der Waals surface area contributed by atoms with E-state index < -0.39 is 18.1 Å². The molecule has 1 saturated heterocycles. The molecule has 0 aliphatic carbocycles. The third-order valence-corrected chi connectivity index (χ3v) is 5.99. The number of carbonyl (C=O) groups excluding carboxylic acids is 1. The summed E-state index contributed by atoms with van der Waals surface area (Å²) in [7, 11) is 2.01. The normalized spacial score (nSPS) is 16.9. The Balaban J connectivity index is 1.44. The molecule has 3 aromatic rings. The van der Waals surface area contributed by atoms with E-state index in [2.05, 4.69) is 36.3 Å². The Morgan fingerprint density at radius 1 is 1.21 bits per heavy atom. The number of hydrogen-bond donors (Lipinski definition) is 1. The molecule has 174 valence electrons. The minimum atomic E-state index is -2.90. The van der Waals surface area contributed by atoms with Gasteiger partial charge in [0.15, 0.2) is 0 Å². The van der Waals surface area contributed by atoms with Crippen molar-refractivity contribution in [3.63, 3.8) is 0 Å². The molecular formula is C22H21BrF3N5O2. The first kappa shape index (κ1) is 23.2. The molecule has 2 heterocycles. The second kappa shape index (κ2) is 9.92. The van der Waals surface area contributed by atoms with Crippen LogP contribution in [0.25, 0.3) is 11.5 Å². The highest BCUT2D eigenvalue weighted by atomic mass is 79.9. The van der Waals surface area contributed by atoms with Crippen LogP contribution in [0.3, 0.4) is 0 Å². The molecule has 1 aliphatic rings. The van der Waals surface area contributed by atoms with Crippen LogP contribution < -0.4 is 5.32 Å². The maximum absolute atomic E-state index is 14.6. The first-order valence-electron chi connectivity index (χ1n) is 10.2. The number of piperazine rings is 1. The monoisotopic (exact) mass is 523 g/mol. The second-order valence-electron chi connectivity index (χ2n) is 7.73. The van der Waals surface area contributed by atoms with Crippen molar-refractivity contribution in [2.24, 2.45) is 0 Å². The molecule has 2 amide bonds. The lowest BCUT2D eigenvalue weighted by Gasteiger charge is -2.40. The molecule has 1 aliphatic heterocycles. The molecule has 4 rings (SSSR count). The molecule has 0 radical (unpaired) electrons. The molecule has 0 bridgehead atoms. The summed E-state index contributed by atoms with van der Waals surface area (Å²) >= 11 is 3.42. The van der Waals surface area contributed by atoms with Gasteiger partial charge in [-0.3, -0.25) is 0 Å². The summed E-state index contributed by atoms with van der Waals surface area (Å²) < 4.78 is 45.7. The number of halogens is 4. The van der Waals surface area contributed by atoms with Gasteiger partial charge in [-0.1, -0.05) is 34.1 Å². The van der Waals surface area contributed by atoms with E-state index in [1.807, 2.05) is 31.3 Å².